The molecule has 2 aromatic rings. The van der Waals surface area contributed by atoms with Gasteiger partial charge in [-0.25, -0.2) is 25.5 Å². The van der Waals surface area contributed by atoms with Gasteiger partial charge in [0.05, 0.1) is 20.7 Å². The van der Waals surface area contributed by atoms with E-state index in [0.29, 0.717) is 30.3 Å². The third-order valence-corrected chi connectivity index (χ3v) is 10.2. The molecule has 0 spiro atoms. The van der Waals surface area contributed by atoms with Crippen molar-refractivity contribution in [2.45, 2.75) is 60.9 Å². The van der Waals surface area contributed by atoms with E-state index in [1.165, 1.54) is 57.4 Å². The SMILES string of the molecule is [CH2-]C1CCN(c2c(F)cccc2C(C)S(=O)(=O)c2ccc(S(=O)(=O)N(C)C)cc2)CC1.[CH2-][C@H](C)O[C@@H]([CH2-])C.[Li+]. The summed E-state index contributed by atoms with van der Waals surface area (Å²) in [5, 5.41) is -1.01. The Balaban J connectivity index is 0.000000841. The van der Waals surface area contributed by atoms with Crippen molar-refractivity contribution in [1.82, 2.24) is 4.31 Å². The molecule has 0 amide bonds. The van der Waals surface area contributed by atoms with E-state index in [1.54, 1.807) is 6.07 Å². The number of benzene rings is 2. The van der Waals surface area contributed by atoms with E-state index in [2.05, 4.69) is 20.8 Å². The Bertz CT molecular complexity index is 1250. The number of anilines is 1. The molecule has 3 rings (SSSR count). The van der Waals surface area contributed by atoms with E-state index < -0.39 is 30.9 Å². The largest absolute Gasteiger partial charge is 1.00 e. The fraction of sp³-hybridized carbons (Fsp3) is 0.464. The maximum absolute atomic E-state index is 14.8. The number of hydrogen-bond donors (Lipinski definition) is 0. The quantitative estimate of drug-likeness (QED) is 0.355. The smallest absolute Gasteiger partial charge is 0.440 e. The van der Waals surface area contributed by atoms with Gasteiger partial charge in [0, 0.05) is 27.2 Å². The second kappa shape index (κ2) is 15.0. The summed E-state index contributed by atoms with van der Waals surface area (Å²) in [6.45, 7) is 17.8. The minimum atomic E-state index is -3.88. The van der Waals surface area contributed by atoms with E-state index >= 15 is 0 Å². The first-order chi connectivity index (χ1) is 17.6. The number of halogens is 1. The number of para-hydroxylation sites is 1. The fourth-order valence-corrected chi connectivity index (χ4v) is 6.48. The van der Waals surface area contributed by atoms with Crippen molar-refractivity contribution < 1.29 is 44.8 Å². The summed E-state index contributed by atoms with van der Waals surface area (Å²) >= 11 is 0. The first kappa shape index (κ1) is 35.6. The van der Waals surface area contributed by atoms with Gasteiger partial charge in [-0.05, 0) is 42.8 Å². The molecular weight excluding hydrogens is 534 g/mol. The predicted molar refractivity (Wildman–Crippen MR) is 150 cm³/mol. The van der Waals surface area contributed by atoms with Crippen LogP contribution in [0.1, 0.15) is 44.4 Å². The molecule has 1 heterocycles. The van der Waals surface area contributed by atoms with Crippen molar-refractivity contribution in [3.05, 3.63) is 74.6 Å². The Labute approximate surface area is 247 Å². The van der Waals surface area contributed by atoms with Gasteiger partial charge >= 0.3 is 18.9 Å². The zero-order valence-corrected chi connectivity index (χ0v) is 25.6. The van der Waals surface area contributed by atoms with Crippen LogP contribution in [0.4, 0.5) is 10.1 Å². The van der Waals surface area contributed by atoms with E-state index in [4.69, 9.17) is 4.74 Å². The fourth-order valence-electron chi connectivity index (χ4n) is 4.13. The minimum absolute atomic E-state index is 0. The Morgan fingerprint density at radius 3 is 1.85 bits per heavy atom. The molecule has 11 heteroatoms. The van der Waals surface area contributed by atoms with Crippen LogP contribution < -0.4 is 23.8 Å². The van der Waals surface area contributed by atoms with Crippen LogP contribution >= 0.6 is 0 Å². The van der Waals surface area contributed by atoms with Gasteiger partial charge < -0.3 is 30.4 Å². The van der Waals surface area contributed by atoms with Crippen LogP contribution in [0.5, 0.6) is 0 Å². The van der Waals surface area contributed by atoms with Crippen molar-refractivity contribution in [3.63, 3.8) is 0 Å². The van der Waals surface area contributed by atoms with E-state index in [0.717, 1.165) is 17.1 Å². The second-order valence-corrected chi connectivity index (χ2v) is 14.2. The van der Waals surface area contributed by atoms with E-state index in [9.17, 15) is 21.2 Å². The Hall–Kier alpha value is -1.41. The maximum Gasteiger partial charge on any atom is 1.00 e. The van der Waals surface area contributed by atoms with Gasteiger partial charge in [0.2, 0.25) is 10.0 Å². The van der Waals surface area contributed by atoms with Crippen LogP contribution in [0, 0.1) is 32.5 Å². The maximum atomic E-state index is 14.8. The van der Waals surface area contributed by atoms with Crippen LogP contribution in [0.2, 0.25) is 0 Å². The van der Waals surface area contributed by atoms with Gasteiger partial charge in [-0.15, -0.1) is 0 Å². The first-order valence-electron chi connectivity index (χ1n) is 12.5. The zero-order chi connectivity index (χ0) is 28.8. The topological polar surface area (TPSA) is 84.0 Å². The molecule has 214 valence electrons. The molecule has 0 bridgehead atoms. The molecule has 1 fully saturated rings. The summed E-state index contributed by atoms with van der Waals surface area (Å²) in [5.74, 6) is -0.140. The Kier molecular flexibility index (Phi) is 13.7. The van der Waals surface area contributed by atoms with Crippen molar-refractivity contribution in [2.75, 3.05) is 32.1 Å². The number of rotatable bonds is 8. The molecule has 1 unspecified atom stereocenters. The van der Waals surface area contributed by atoms with E-state index in [-0.39, 0.29) is 40.9 Å². The third kappa shape index (κ3) is 9.30. The number of hydrogen-bond acceptors (Lipinski definition) is 6. The molecule has 0 radical (unpaired) electrons. The summed E-state index contributed by atoms with van der Waals surface area (Å²) in [5.41, 5.74) is 0.713. The number of sulfonamides is 1. The van der Waals surface area contributed by atoms with Gasteiger partial charge in [0.15, 0.2) is 9.84 Å². The summed E-state index contributed by atoms with van der Waals surface area (Å²) in [4.78, 5) is 1.89. The van der Waals surface area contributed by atoms with Crippen LogP contribution in [-0.4, -0.2) is 60.5 Å². The molecule has 0 N–H and O–H groups in total. The monoisotopic (exact) mass is 574 g/mol. The Morgan fingerprint density at radius 2 is 1.41 bits per heavy atom. The molecule has 2 aromatic carbocycles. The van der Waals surface area contributed by atoms with Gasteiger partial charge in [0.25, 0.3) is 0 Å². The van der Waals surface area contributed by atoms with Gasteiger partial charge in [-0.2, -0.15) is 5.92 Å². The molecule has 39 heavy (non-hydrogen) atoms. The molecular formula is C28H40FLiN2O5S2-2. The van der Waals surface area contributed by atoms with Crippen molar-refractivity contribution in [1.29, 1.82) is 0 Å². The van der Waals surface area contributed by atoms with Crippen molar-refractivity contribution in [2.24, 2.45) is 5.92 Å². The minimum Gasteiger partial charge on any atom is -0.440 e. The second-order valence-electron chi connectivity index (χ2n) is 9.81. The summed E-state index contributed by atoms with van der Waals surface area (Å²) in [6, 6.07) is 9.63. The molecule has 0 aromatic heterocycles. The van der Waals surface area contributed by atoms with E-state index in [1.807, 2.05) is 18.7 Å². The van der Waals surface area contributed by atoms with Crippen LogP contribution in [-0.2, 0) is 24.6 Å². The molecule has 3 atom stereocenters. The average molecular weight is 575 g/mol. The summed E-state index contributed by atoms with van der Waals surface area (Å²) in [7, 11) is -4.73. The molecule has 1 aliphatic heterocycles. The van der Waals surface area contributed by atoms with Crippen LogP contribution in [0.15, 0.2) is 52.3 Å². The number of sulfone groups is 1. The standard InChI is InChI=1S/C22H28FN2O4S2.C6H12O.Li/c1-16-12-14-25(15-13-16)22-20(6-5-7-21(22)23)17(2)30(26,27)18-8-10-19(11-9-18)31(28,29)24(3)4;1-5(2)7-6(3)4;/h5-11,16-17H,1,12-15H2,2-4H3;5-6H,1,3H2,2,4H3;/q-1;-2;+1/t;5-,6+;. The zero-order valence-electron chi connectivity index (χ0n) is 23.9. The first-order valence-corrected chi connectivity index (χ1v) is 15.5. The van der Waals surface area contributed by atoms with Gasteiger partial charge in [0.1, 0.15) is 5.82 Å². The van der Waals surface area contributed by atoms with Crippen LogP contribution in [0.3, 0.4) is 0 Å². The number of ether oxygens (including phenoxy) is 1. The molecule has 0 aliphatic carbocycles. The number of piperidine rings is 1. The molecule has 0 saturated carbocycles. The van der Waals surface area contributed by atoms with Gasteiger partial charge in [-0.3, -0.25) is 0 Å². The predicted octanol–water partition coefficient (Wildman–Crippen LogP) is 2.11. The van der Waals surface area contributed by atoms with Crippen LogP contribution in [0.25, 0.3) is 0 Å². The van der Waals surface area contributed by atoms with Crippen molar-refractivity contribution >= 4 is 25.5 Å². The van der Waals surface area contributed by atoms with Gasteiger partial charge in [-0.1, -0.05) is 51.0 Å². The third-order valence-electron chi connectivity index (χ3n) is 6.25. The summed E-state index contributed by atoms with van der Waals surface area (Å²) in [6.07, 6.45) is 1.76. The van der Waals surface area contributed by atoms with Crippen molar-refractivity contribution in [3.8, 4) is 0 Å². The molecule has 7 nitrogen and oxygen atoms in total. The summed E-state index contributed by atoms with van der Waals surface area (Å²) < 4.78 is 72.0. The number of nitrogens with zero attached hydrogens (tertiary/aromatic N) is 2. The Morgan fingerprint density at radius 1 is 0.923 bits per heavy atom. The molecule has 1 aliphatic rings. The normalized spacial score (nSPS) is 17.0. The molecule has 1 saturated heterocycles. The average Bonchev–Trinajstić information content (AvgIpc) is 2.83.